The molecule has 0 heterocycles. The normalized spacial score (nSPS) is 16.6. The largest absolute Gasteiger partial charge is 0.497 e. The van der Waals surface area contributed by atoms with Crippen molar-refractivity contribution in [2.75, 3.05) is 42.7 Å². The van der Waals surface area contributed by atoms with Gasteiger partial charge in [-0.3, -0.25) is 0 Å². The summed E-state index contributed by atoms with van der Waals surface area (Å²) in [6.07, 6.45) is 2.46. The van der Waals surface area contributed by atoms with Crippen LogP contribution in [0.4, 0.5) is 0 Å². The van der Waals surface area contributed by atoms with Crippen LogP contribution in [0, 0.1) is 20.8 Å². The molecule has 7 heteroatoms. The van der Waals surface area contributed by atoms with Crippen LogP contribution in [0.15, 0.2) is 59.2 Å². The van der Waals surface area contributed by atoms with Crippen LogP contribution in [0.25, 0.3) is 0 Å². The van der Waals surface area contributed by atoms with Gasteiger partial charge in [0.1, 0.15) is 34.5 Å². The maximum absolute atomic E-state index is 6.31. The van der Waals surface area contributed by atoms with Gasteiger partial charge in [-0.1, -0.05) is 24.1 Å². The zero-order valence-corrected chi connectivity index (χ0v) is 29.0. The van der Waals surface area contributed by atoms with E-state index in [1.807, 2.05) is 18.2 Å². The van der Waals surface area contributed by atoms with E-state index in [0.717, 1.165) is 66.7 Å². The van der Waals surface area contributed by atoms with Crippen molar-refractivity contribution in [1.82, 2.24) is 0 Å². The van der Waals surface area contributed by atoms with E-state index in [9.17, 15) is 0 Å². The van der Waals surface area contributed by atoms with Crippen LogP contribution in [0.1, 0.15) is 44.4 Å². The molecule has 0 saturated carbocycles. The first kappa shape index (κ1) is 32.1. The summed E-state index contributed by atoms with van der Waals surface area (Å²) in [5.41, 5.74) is 7.08. The first-order chi connectivity index (χ1) is 20.4. The summed E-state index contributed by atoms with van der Waals surface area (Å²) in [5.74, 6) is 4.52. The number of aryl methyl sites for hydroxylation is 3. The zero-order chi connectivity index (χ0) is 31.9. The van der Waals surface area contributed by atoms with Crippen LogP contribution in [-0.4, -0.2) is 50.7 Å². The van der Waals surface area contributed by atoms with E-state index in [0.29, 0.717) is 0 Å². The number of hydrogen-bond donors (Lipinski definition) is 0. The predicted molar refractivity (Wildman–Crippen MR) is 178 cm³/mol. The van der Waals surface area contributed by atoms with Gasteiger partial charge >= 0.3 is 0 Å². The molecule has 0 aliphatic heterocycles. The lowest BCUT2D eigenvalue weighted by Gasteiger charge is -2.49. The molecule has 0 fully saturated rings. The number of benzene rings is 3. The summed E-state index contributed by atoms with van der Waals surface area (Å²) in [6, 6.07) is 12.3. The molecule has 0 amide bonds. The van der Waals surface area contributed by atoms with Crippen molar-refractivity contribution < 1.29 is 28.4 Å². The predicted octanol–water partition coefficient (Wildman–Crippen LogP) is 6.19. The van der Waals surface area contributed by atoms with Gasteiger partial charge in [-0.25, -0.2) is 0 Å². The third-order valence-electron chi connectivity index (χ3n) is 9.53. The smallest absolute Gasteiger partial charge is 0.176 e. The van der Waals surface area contributed by atoms with Crippen molar-refractivity contribution in [3.8, 4) is 34.5 Å². The van der Waals surface area contributed by atoms with Crippen LogP contribution in [0.3, 0.4) is 0 Å². The Morgan fingerprint density at radius 2 is 0.814 bits per heavy atom. The molecule has 1 unspecified atom stereocenters. The molecule has 0 saturated heterocycles. The zero-order valence-electron chi connectivity index (χ0n) is 28.0. The molecule has 1 atom stereocenters. The lowest BCUT2D eigenvalue weighted by molar-refractivity contribution is 0.394. The Hall–Kier alpha value is -3.84. The van der Waals surface area contributed by atoms with Crippen LogP contribution >= 0.6 is 0 Å². The summed E-state index contributed by atoms with van der Waals surface area (Å²) in [6.45, 7) is 15.5. The van der Waals surface area contributed by atoms with E-state index >= 15 is 0 Å². The quantitative estimate of drug-likeness (QED) is 0.204. The lowest BCUT2D eigenvalue weighted by Crippen LogP contribution is -2.75. The van der Waals surface area contributed by atoms with E-state index in [1.165, 1.54) is 16.7 Å². The van der Waals surface area contributed by atoms with Crippen molar-refractivity contribution in [2.24, 2.45) is 0 Å². The molecule has 4 rings (SSSR count). The molecule has 0 N–H and O–H groups in total. The van der Waals surface area contributed by atoms with Gasteiger partial charge in [0.15, 0.2) is 8.07 Å². The molecule has 0 bridgehead atoms. The summed E-state index contributed by atoms with van der Waals surface area (Å²) in [7, 11) is 6.89. The van der Waals surface area contributed by atoms with Crippen molar-refractivity contribution in [3.63, 3.8) is 0 Å². The lowest BCUT2D eigenvalue weighted by atomic mass is 10.0. The Labute approximate surface area is 258 Å². The molecule has 0 radical (unpaired) electrons. The molecular weight excluding hydrogens is 556 g/mol. The summed E-state index contributed by atoms with van der Waals surface area (Å²) in [5, 5.41) is 2.94. The highest BCUT2D eigenvalue weighted by molar-refractivity contribution is 7.16. The van der Waals surface area contributed by atoms with Gasteiger partial charge in [-0.15, -0.1) is 0 Å². The van der Waals surface area contributed by atoms with E-state index < -0.39 is 13.1 Å². The minimum Gasteiger partial charge on any atom is -0.497 e. The fourth-order valence-corrected chi connectivity index (χ4v) is 14.4. The van der Waals surface area contributed by atoms with Crippen molar-refractivity contribution in [2.45, 2.75) is 53.5 Å². The molecule has 3 aromatic carbocycles. The minimum absolute atomic E-state index is 0.465. The van der Waals surface area contributed by atoms with Gasteiger partial charge in [-0.2, -0.15) is 0 Å². The van der Waals surface area contributed by atoms with Crippen LogP contribution in [0.5, 0.6) is 34.5 Å². The fourth-order valence-electron chi connectivity index (χ4n) is 7.33. The van der Waals surface area contributed by atoms with Crippen molar-refractivity contribution >= 4 is 23.6 Å². The molecular formula is C36H46O6Si. The maximum Gasteiger partial charge on any atom is 0.176 e. The topological polar surface area (TPSA) is 55.4 Å². The Balaban J connectivity index is 2.48. The molecule has 230 valence electrons. The molecule has 1 aliphatic carbocycles. The van der Waals surface area contributed by atoms with Gasteiger partial charge in [0.2, 0.25) is 0 Å². The SMILES string of the molecule is COc1cc(C)c([Si](c2c(C)cc(OC)cc2OC)(c2c(C)cc(OC)cc2OC)C2(C)C=C(C)C(C)=C2C)c(OC)c1. The Morgan fingerprint density at radius 1 is 0.488 bits per heavy atom. The number of methoxy groups -OCH3 is 6. The molecule has 0 aromatic heterocycles. The number of allylic oxidation sites excluding steroid dienone is 4. The van der Waals surface area contributed by atoms with Gasteiger partial charge in [-0.05, 0) is 97.6 Å². The highest BCUT2D eigenvalue weighted by Gasteiger charge is 2.61. The van der Waals surface area contributed by atoms with Crippen LogP contribution in [-0.2, 0) is 0 Å². The number of rotatable bonds is 10. The minimum atomic E-state index is -3.37. The van der Waals surface area contributed by atoms with Crippen molar-refractivity contribution in [3.05, 3.63) is 75.9 Å². The van der Waals surface area contributed by atoms with E-state index in [-0.39, 0.29) is 0 Å². The highest BCUT2D eigenvalue weighted by Crippen LogP contribution is 2.55. The fraction of sp³-hybridized carbons (Fsp3) is 0.389. The summed E-state index contributed by atoms with van der Waals surface area (Å²) in [4.78, 5) is 0. The molecule has 1 aliphatic rings. The highest BCUT2D eigenvalue weighted by atomic mass is 28.3. The molecule has 3 aromatic rings. The maximum atomic E-state index is 6.31. The Bertz CT molecular complexity index is 1470. The molecule has 6 nitrogen and oxygen atoms in total. The number of hydrogen-bond acceptors (Lipinski definition) is 6. The Kier molecular flexibility index (Phi) is 8.98. The van der Waals surface area contributed by atoms with E-state index in [4.69, 9.17) is 28.4 Å². The van der Waals surface area contributed by atoms with Gasteiger partial charge in [0, 0.05) is 23.2 Å². The third kappa shape index (κ3) is 4.78. The molecule has 43 heavy (non-hydrogen) atoms. The second kappa shape index (κ2) is 12.0. The average molecular weight is 603 g/mol. The van der Waals surface area contributed by atoms with E-state index in [2.05, 4.69) is 72.7 Å². The Morgan fingerprint density at radius 3 is 1.05 bits per heavy atom. The van der Waals surface area contributed by atoms with E-state index in [1.54, 1.807) is 42.7 Å². The second-order valence-electron chi connectivity index (χ2n) is 11.6. The average Bonchev–Trinajstić information content (AvgIpc) is 3.20. The first-order valence-electron chi connectivity index (χ1n) is 14.5. The third-order valence-corrected chi connectivity index (χ3v) is 15.8. The monoisotopic (exact) mass is 602 g/mol. The van der Waals surface area contributed by atoms with Gasteiger partial charge in [0.05, 0.1) is 42.7 Å². The number of ether oxygens (including phenoxy) is 6. The summed E-state index contributed by atoms with van der Waals surface area (Å²) < 4.78 is 36.2. The van der Waals surface area contributed by atoms with Gasteiger partial charge in [0.25, 0.3) is 0 Å². The second-order valence-corrected chi connectivity index (χ2v) is 15.6. The van der Waals surface area contributed by atoms with Crippen LogP contribution < -0.4 is 44.0 Å². The van der Waals surface area contributed by atoms with Gasteiger partial charge < -0.3 is 28.4 Å². The van der Waals surface area contributed by atoms with Crippen LogP contribution in [0.2, 0.25) is 5.04 Å². The molecule has 0 spiro atoms. The standard InChI is InChI=1S/C36H46O6Si/c1-21-14-27(37-8)17-30(40-11)33(21)43(36(7)20-24(4)25(5)26(36)6,34-22(2)15-28(38-9)18-31(34)41-12)35-23(3)16-29(39-10)19-32(35)42-13/h14-20H,1-13H3. The van der Waals surface area contributed by atoms with Crippen molar-refractivity contribution in [1.29, 1.82) is 0 Å². The summed E-state index contributed by atoms with van der Waals surface area (Å²) >= 11 is 0. The first-order valence-corrected chi connectivity index (χ1v) is 16.5.